The van der Waals surface area contributed by atoms with Crippen molar-refractivity contribution in [3.63, 3.8) is 0 Å². The highest BCUT2D eigenvalue weighted by molar-refractivity contribution is 14.1. The molecule has 2 rings (SSSR count). The van der Waals surface area contributed by atoms with Crippen LogP contribution in [0.2, 0.25) is 0 Å². The van der Waals surface area contributed by atoms with Crippen LogP contribution in [0.5, 0.6) is 0 Å². The lowest BCUT2D eigenvalue weighted by Crippen LogP contribution is -2.37. The van der Waals surface area contributed by atoms with E-state index in [1.165, 1.54) is 17.3 Å². The zero-order valence-electron chi connectivity index (χ0n) is 8.06. The zero-order valence-corrected chi connectivity index (χ0v) is 10.2. The number of hydrogen-bond donors (Lipinski definition) is 0. The molecule has 0 saturated carbocycles. The van der Waals surface area contributed by atoms with Gasteiger partial charge in [0, 0.05) is 10.3 Å². The minimum Gasteiger partial charge on any atom is -0.369 e. The number of halogens is 1. The van der Waals surface area contributed by atoms with Crippen molar-refractivity contribution < 1.29 is 4.74 Å². The molecule has 0 aromatic heterocycles. The summed E-state index contributed by atoms with van der Waals surface area (Å²) in [4.78, 5) is 0. The van der Waals surface area contributed by atoms with Crippen molar-refractivity contribution in [2.24, 2.45) is 11.8 Å². The largest absolute Gasteiger partial charge is 0.369 e. The second kappa shape index (κ2) is 2.59. The van der Waals surface area contributed by atoms with Gasteiger partial charge in [0.15, 0.2) is 0 Å². The molecule has 2 fully saturated rings. The topological polar surface area (TPSA) is 9.23 Å². The van der Waals surface area contributed by atoms with Crippen molar-refractivity contribution in [3.8, 4) is 0 Å². The maximum Gasteiger partial charge on any atom is 0.0702 e. The summed E-state index contributed by atoms with van der Waals surface area (Å²) in [5.74, 6) is 1.52. The summed E-state index contributed by atoms with van der Waals surface area (Å²) in [6.45, 7) is 6.94. The maximum absolute atomic E-state index is 6.16. The first-order valence-corrected chi connectivity index (χ1v) is 6.30. The second-order valence-electron chi connectivity index (χ2n) is 4.78. The Balaban J connectivity index is 2.30. The summed E-state index contributed by atoms with van der Waals surface area (Å²) < 4.78 is 7.40. The van der Waals surface area contributed by atoms with Gasteiger partial charge in [-0.05, 0) is 32.6 Å². The Bertz CT molecular complexity index is 206. The van der Waals surface area contributed by atoms with E-state index in [2.05, 4.69) is 43.4 Å². The minimum absolute atomic E-state index is 0.199. The van der Waals surface area contributed by atoms with E-state index < -0.39 is 0 Å². The molecular weight excluding hydrogens is 263 g/mol. The molecule has 0 aromatic carbocycles. The highest BCUT2D eigenvalue weighted by Crippen LogP contribution is 2.57. The van der Waals surface area contributed by atoms with Crippen molar-refractivity contribution in [2.75, 3.05) is 4.43 Å². The van der Waals surface area contributed by atoms with Gasteiger partial charge in [0.1, 0.15) is 0 Å². The van der Waals surface area contributed by atoms with Crippen LogP contribution in [-0.2, 0) is 4.74 Å². The lowest BCUT2D eigenvalue weighted by atomic mass is 9.69. The fourth-order valence-corrected chi connectivity index (χ4v) is 4.66. The molecule has 2 aliphatic rings. The molecule has 2 heterocycles. The van der Waals surface area contributed by atoms with E-state index in [4.69, 9.17) is 4.74 Å². The van der Waals surface area contributed by atoms with Crippen molar-refractivity contribution >= 4 is 22.6 Å². The Morgan fingerprint density at radius 3 is 2.25 bits per heavy atom. The average Bonchev–Trinajstić information content (AvgIpc) is 2.38. The highest BCUT2D eigenvalue weighted by Gasteiger charge is 2.60. The molecule has 0 unspecified atom stereocenters. The first kappa shape index (κ1) is 9.25. The van der Waals surface area contributed by atoms with Gasteiger partial charge in [-0.1, -0.05) is 29.5 Å². The predicted molar refractivity (Wildman–Crippen MR) is 58.7 cm³/mol. The molecule has 2 heteroatoms. The number of fused-ring (bicyclic) bond motifs is 2. The lowest BCUT2D eigenvalue weighted by Gasteiger charge is -2.33. The average molecular weight is 280 g/mol. The van der Waals surface area contributed by atoms with Gasteiger partial charge in [-0.15, -0.1) is 0 Å². The van der Waals surface area contributed by atoms with Gasteiger partial charge in [0.05, 0.1) is 11.2 Å². The third-order valence-electron chi connectivity index (χ3n) is 4.10. The smallest absolute Gasteiger partial charge is 0.0702 e. The SMILES string of the molecule is C[C@@H]1[C@@H](CI)[C@]2(C)CC[C@@]1(C)O2. The van der Waals surface area contributed by atoms with Gasteiger partial charge in [-0.25, -0.2) is 0 Å². The first-order chi connectivity index (χ1) is 5.52. The normalized spacial score (nSPS) is 58.0. The van der Waals surface area contributed by atoms with Gasteiger partial charge in [-0.2, -0.15) is 0 Å². The van der Waals surface area contributed by atoms with Crippen LogP contribution in [0.3, 0.4) is 0 Å². The van der Waals surface area contributed by atoms with Gasteiger partial charge in [0.2, 0.25) is 0 Å². The van der Waals surface area contributed by atoms with E-state index in [1.807, 2.05) is 0 Å². The van der Waals surface area contributed by atoms with Crippen molar-refractivity contribution in [3.05, 3.63) is 0 Å². The monoisotopic (exact) mass is 280 g/mol. The van der Waals surface area contributed by atoms with Gasteiger partial charge < -0.3 is 4.74 Å². The number of ether oxygens (including phenoxy) is 1. The molecule has 1 nitrogen and oxygen atoms in total. The third kappa shape index (κ3) is 0.999. The first-order valence-electron chi connectivity index (χ1n) is 4.78. The van der Waals surface area contributed by atoms with E-state index in [-0.39, 0.29) is 11.2 Å². The molecule has 0 aliphatic carbocycles. The molecule has 0 spiro atoms. The number of alkyl halides is 1. The van der Waals surface area contributed by atoms with Crippen molar-refractivity contribution in [1.82, 2.24) is 0 Å². The van der Waals surface area contributed by atoms with Gasteiger partial charge in [0.25, 0.3) is 0 Å². The van der Waals surface area contributed by atoms with E-state index in [1.54, 1.807) is 0 Å². The third-order valence-corrected chi connectivity index (χ3v) is 5.05. The molecule has 0 radical (unpaired) electrons. The van der Waals surface area contributed by atoms with Crippen LogP contribution in [0.4, 0.5) is 0 Å². The second-order valence-corrected chi connectivity index (χ2v) is 5.66. The Kier molecular flexibility index (Phi) is 2.00. The van der Waals surface area contributed by atoms with E-state index in [9.17, 15) is 0 Å². The standard InChI is InChI=1S/C10H17IO/c1-7-8(6-11)10(3)5-4-9(7,2)12-10/h7-8H,4-6H2,1-3H3/t7-,8-,9-,10+/m1/s1. The molecule has 0 N–H and O–H groups in total. The molecule has 2 saturated heterocycles. The molecule has 0 aromatic rings. The summed E-state index contributed by atoms with van der Waals surface area (Å²) in [6.07, 6.45) is 2.53. The van der Waals surface area contributed by atoms with Crippen LogP contribution in [0.1, 0.15) is 33.6 Å². The highest BCUT2D eigenvalue weighted by atomic mass is 127. The summed E-state index contributed by atoms with van der Waals surface area (Å²) in [5.41, 5.74) is 0.403. The molecule has 2 aliphatic heterocycles. The summed E-state index contributed by atoms with van der Waals surface area (Å²) in [7, 11) is 0. The van der Waals surface area contributed by atoms with Crippen molar-refractivity contribution in [2.45, 2.75) is 44.8 Å². The number of rotatable bonds is 1. The van der Waals surface area contributed by atoms with E-state index in [0.29, 0.717) is 0 Å². The maximum atomic E-state index is 6.16. The Morgan fingerprint density at radius 1 is 1.33 bits per heavy atom. The lowest BCUT2D eigenvalue weighted by molar-refractivity contribution is -0.0407. The van der Waals surface area contributed by atoms with Gasteiger partial charge >= 0.3 is 0 Å². The van der Waals surface area contributed by atoms with Crippen LogP contribution in [0.15, 0.2) is 0 Å². The van der Waals surface area contributed by atoms with Gasteiger partial charge in [-0.3, -0.25) is 0 Å². The Morgan fingerprint density at radius 2 is 1.92 bits per heavy atom. The van der Waals surface area contributed by atoms with Crippen LogP contribution in [-0.4, -0.2) is 15.6 Å². The fourth-order valence-electron chi connectivity index (χ4n) is 2.96. The quantitative estimate of drug-likeness (QED) is 0.530. The molecule has 70 valence electrons. The summed E-state index contributed by atoms with van der Waals surface area (Å²) >= 11 is 2.50. The van der Waals surface area contributed by atoms with E-state index in [0.717, 1.165) is 11.8 Å². The van der Waals surface area contributed by atoms with Crippen LogP contribution >= 0.6 is 22.6 Å². The molecule has 12 heavy (non-hydrogen) atoms. The van der Waals surface area contributed by atoms with Crippen LogP contribution < -0.4 is 0 Å². The Hall–Kier alpha value is 0.690. The van der Waals surface area contributed by atoms with Crippen LogP contribution in [0.25, 0.3) is 0 Å². The van der Waals surface area contributed by atoms with E-state index >= 15 is 0 Å². The molecule has 2 bridgehead atoms. The molecule has 0 amide bonds. The molecule has 4 atom stereocenters. The minimum atomic E-state index is 0.199. The van der Waals surface area contributed by atoms with Crippen molar-refractivity contribution in [1.29, 1.82) is 0 Å². The summed E-state index contributed by atoms with van der Waals surface area (Å²) in [6, 6.07) is 0. The fraction of sp³-hybridized carbons (Fsp3) is 1.00. The Labute approximate surface area is 88.4 Å². The summed E-state index contributed by atoms with van der Waals surface area (Å²) in [5, 5.41) is 0. The van der Waals surface area contributed by atoms with Crippen LogP contribution in [0, 0.1) is 11.8 Å². The number of hydrogen-bond acceptors (Lipinski definition) is 1. The predicted octanol–water partition coefficient (Wildman–Crippen LogP) is 3.02. The zero-order chi connectivity index (χ0) is 8.98. The molecular formula is C10H17IO.